The Bertz CT molecular complexity index is 814. The lowest BCUT2D eigenvalue weighted by molar-refractivity contribution is 0.240. The highest BCUT2D eigenvalue weighted by atomic mass is 32.1. The lowest BCUT2D eigenvalue weighted by atomic mass is 10.1. The average molecular weight is 329 g/mol. The highest BCUT2D eigenvalue weighted by molar-refractivity contribution is 7.18. The van der Waals surface area contributed by atoms with Gasteiger partial charge in [-0.3, -0.25) is 0 Å². The molecule has 0 atom stereocenters. The zero-order chi connectivity index (χ0) is 16.2. The topological polar surface area (TPSA) is 54.0 Å². The van der Waals surface area contributed by atoms with Crippen LogP contribution in [0.4, 0.5) is 9.18 Å². The van der Waals surface area contributed by atoms with Crippen LogP contribution in [0.15, 0.2) is 42.5 Å². The number of nitrogens with zero attached hydrogens (tertiary/aromatic N) is 1. The van der Waals surface area contributed by atoms with E-state index in [0.29, 0.717) is 12.1 Å². The molecule has 2 amide bonds. The van der Waals surface area contributed by atoms with Crippen LogP contribution < -0.4 is 10.6 Å². The minimum Gasteiger partial charge on any atom is -0.334 e. The maximum absolute atomic E-state index is 13.4. The van der Waals surface area contributed by atoms with E-state index in [0.717, 1.165) is 20.8 Å². The fourth-order valence-electron chi connectivity index (χ4n) is 2.14. The zero-order valence-electron chi connectivity index (χ0n) is 12.6. The molecule has 1 aromatic heterocycles. The Kier molecular flexibility index (Phi) is 4.52. The fraction of sp³-hybridized carbons (Fsp3) is 0.176. The molecule has 1 heterocycles. The molecule has 0 radical (unpaired) electrons. The Labute approximate surface area is 137 Å². The van der Waals surface area contributed by atoms with Crippen molar-refractivity contribution in [2.75, 3.05) is 0 Å². The fourth-order valence-corrected chi connectivity index (χ4v) is 3.05. The normalized spacial score (nSPS) is 10.7. The summed E-state index contributed by atoms with van der Waals surface area (Å²) in [5, 5.41) is 6.32. The van der Waals surface area contributed by atoms with Crippen LogP contribution >= 0.6 is 11.3 Å². The number of aryl methyl sites for hydroxylation is 1. The van der Waals surface area contributed by atoms with Crippen molar-refractivity contribution in [3.05, 3.63) is 64.4 Å². The summed E-state index contributed by atoms with van der Waals surface area (Å²) < 4.78 is 14.5. The van der Waals surface area contributed by atoms with E-state index < -0.39 is 0 Å². The predicted molar refractivity (Wildman–Crippen MR) is 89.8 cm³/mol. The summed E-state index contributed by atoms with van der Waals surface area (Å²) in [6, 6.07) is 12.5. The molecular formula is C17H16FN3OS. The standard InChI is InChI=1S/C17H16FN3OS/c1-11-6-7-12(8-13(11)18)9-19-17(22)20-10-16-21-14-4-2-3-5-15(14)23-16/h2-8H,9-10H2,1H3,(H2,19,20,22). The van der Waals surface area contributed by atoms with E-state index in [1.54, 1.807) is 30.4 Å². The molecule has 0 saturated heterocycles. The first kappa shape index (κ1) is 15.4. The number of aromatic nitrogens is 1. The summed E-state index contributed by atoms with van der Waals surface area (Å²) in [5.41, 5.74) is 2.25. The van der Waals surface area contributed by atoms with Crippen LogP contribution in [0, 0.1) is 12.7 Å². The number of rotatable bonds is 4. The monoisotopic (exact) mass is 329 g/mol. The van der Waals surface area contributed by atoms with Crippen LogP contribution in [0.3, 0.4) is 0 Å². The van der Waals surface area contributed by atoms with Gasteiger partial charge < -0.3 is 10.6 Å². The van der Waals surface area contributed by atoms with Crippen molar-refractivity contribution in [2.45, 2.75) is 20.0 Å². The van der Waals surface area contributed by atoms with Crippen LogP contribution in [0.5, 0.6) is 0 Å². The number of fused-ring (bicyclic) bond motifs is 1. The smallest absolute Gasteiger partial charge is 0.315 e. The maximum atomic E-state index is 13.4. The predicted octanol–water partition coefficient (Wildman–Crippen LogP) is 3.74. The minimum atomic E-state index is -0.301. The maximum Gasteiger partial charge on any atom is 0.315 e. The van der Waals surface area contributed by atoms with Crippen molar-refractivity contribution in [1.82, 2.24) is 15.6 Å². The van der Waals surface area contributed by atoms with E-state index in [4.69, 9.17) is 0 Å². The van der Waals surface area contributed by atoms with Crippen LogP contribution in [-0.4, -0.2) is 11.0 Å². The summed E-state index contributed by atoms with van der Waals surface area (Å²) in [5.74, 6) is -0.265. The highest BCUT2D eigenvalue weighted by Crippen LogP contribution is 2.21. The minimum absolute atomic E-state index is 0.265. The molecule has 0 bridgehead atoms. The third kappa shape index (κ3) is 3.84. The number of urea groups is 1. The summed E-state index contributed by atoms with van der Waals surface area (Å²) in [6.07, 6.45) is 0. The average Bonchev–Trinajstić information content (AvgIpc) is 2.97. The van der Waals surface area contributed by atoms with Gasteiger partial charge in [0.05, 0.1) is 16.8 Å². The van der Waals surface area contributed by atoms with Crippen LogP contribution in [0.25, 0.3) is 10.2 Å². The van der Waals surface area contributed by atoms with Gasteiger partial charge in [-0.1, -0.05) is 24.3 Å². The van der Waals surface area contributed by atoms with Gasteiger partial charge in [0.2, 0.25) is 0 Å². The van der Waals surface area contributed by atoms with Gasteiger partial charge in [0.1, 0.15) is 10.8 Å². The van der Waals surface area contributed by atoms with E-state index in [2.05, 4.69) is 15.6 Å². The second-order valence-electron chi connectivity index (χ2n) is 5.20. The molecule has 118 valence electrons. The van der Waals surface area contributed by atoms with Gasteiger partial charge in [-0.25, -0.2) is 14.2 Å². The largest absolute Gasteiger partial charge is 0.334 e. The van der Waals surface area contributed by atoms with E-state index in [1.807, 2.05) is 24.3 Å². The second-order valence-corrected chi connectivity index (χ2v) is 6.31. The third-order valence-electron chi connectivity index (χ3n) is 3.43. The van der Waals surface area contributed by atoms with Gasteiger partial charge in [0.15, 0.2) is 0 Å². The van der Waals surface area contributed by atoms with Crippen molar-refractivity contribution in [3.63, 3.8) is 0 Å². The zero-order valence-corrected chi connectivity index (χ0v) is 13.4. The highest BCUT2D eigenvalue weighted by Gasteiger charge is 2.06. The van der Waals surface area contributed by atoms with E-state index in [-0.39, 0.29) is 18.4 Å². The molecule has 2 aromatic carbocycles. The first-order chi connectivity index (χ1) is 11.1. The number of amides is 2. The number of halogens is 1. The molecule has 0 fully saturated rings. The lowest BCUT2D eigenvalue weighted by Crippen LogP contribution is -2.34. The molecule has 23 heavy (non-hydrogen) atoms. The van der Waals surface area contributed by atoms with Gasteiger partial charge in [-0.15, -0.1) is 11.3 Å². The summed E-state index contributed by atoms with van der Waals surface area (Å²) in [4.78, 5) is 16.3. The van der Waals surface area contributed by atoms with Crippen molar-refractivity contribution < 1.29 is 9.18 Å². The van der Waals surface area contributed by atoms with Crippen LogP contribution in [0.2, 0.25) is 0 Å². The summed E-state index contributed by atoms with van der Waals surface area (Å²) >= 11 is 1.55. The molecule has 3 aromatic rings. The molecule has 4 nitrogen and oxygen atoms in total. The second kappa shape index (κ2) is 6.75. The lowest BCUT2D eigenvalue weighted by Gasteiger charge is -2.07. The molecule has 2 N–H and O–H groups in total. The van der Waals surface area contributed by atoms with Gasteiger partial charge in [0, 0.05) is 6.54 Å². The number of hydrogen-bond acceptors (Lipinski definition) is 3. The number of carbonyl (C=O) groups is 1. The number of hydrogen-bond donors (Lipinski definition) is 2. The van der Waals surface area contributed by atoms with Gasteiger partial charge in [0.25, 0.3) is 0 Å². The van der Waals surface area contributed by atoms with Crippen LogP contribution in [-0.2, 0) is 13.1 Å². The molecule has 6 heteroatoms. The molecular weight excluding hydrogens is 313 g/mol. The van der Waals surface area contributed by atoms with Gasteiger partial charge in [-0.05, 0) is 36.2 Å². The molecule has 0 unspecified atom stereocenters. The third-order valence-corrected chi connectivity index (χ3v) is 4.46. The Balaban J connectivity index is 1.52. The number of nitrogens with one attached hydrogen (secondary N) is 2. The number of carbonyl (C=O) groups excluding carboxylic acids is 1. The van der Waals surface area contributed by atoms with Crippen molar-refractivity contribution >= 4 is 27.6 Å². The van der Waals surface area contributed by atoms with Gasteiger partial charge >= 0.3 is 6.03 Å². The van der Waals surface area contributed by atoms with E-state index in [1.165, 1.54) is 6.07 Å². The number of para-hydroxylation sites is 1. The first-order valence-corrected chi connectivity index (χ1v) is 8.04. The summed E-state index contributed by atoms with van der Waals surface area (Å²) in [6.45, 7) is 2.35. The van der Waals surface area contributed by atoms with Crippen molar-refractivity contribution in [3.8, 4) is 0 Å². The number of benzene rings is 2. The van der Waals surface area contributed by atoms with E-state index in [9.17, 15) is 9.18 Å². The Morgan fingerprint density at radius 2 is 1.96 bits per heavy atom. The Morgan fingerprint density at radius 3 is 2.74 bits per heavy atom. The van der Waals surface area contributed by atoms with E-state index >= 15 is 0 Å². The number of thiazole rings is 1. The first-order valence-electron chi connectivity index (χ1n) is 7.23. The van der Waals surface area contributed by atoms with Gasteiger partial charge in [-0.2, -0.15) is 0 Å². The molecule has 0 aliphatic rings. The molecule has 0 saturated carbocycles. The van der Waals surface area contributed by atoms with Crippen LogP contribution in [0.1, 0.15) is 16.1 Å². The molecule has 0 aliphatic heterocycles. The molecule has 3 rings (SSSR count). The SMILES string of the molecule is Cc1ccc(CNC(=O)NCc2nc3ccccc3s2)cc1F. The van der Waals surface area contributed by atoms with Crippen molar-refractivity contribution in [2.24, 2.45) is 0 Å². The quantitative estimate of drug-likeness (QED) is 0.766. The molecule has 0 spiro atoms. The Hall–Kier alpha value is -2.47. The summed E-state index contributed by atoms with van der Waals surface area (Å²) in [7, 11) is 0. The Morgan fingerprint density at radius 1 is 1.17 bits per heavy atom. The van der Waals surface area contributed by atoms with Crippen molar-refractivity contribution in [1.29, 1.82) is 0 Å². The molecule has 0 aliphatic carbocycles.